The first-order valence-corrected chi connectivity index (χ1v) is 12.3. The van der Waals surface area contributed by atoms with Gasteiger partial charge in [-0.2, -0.15) is 4.72 Å². The third kappa shape index (κ3) is 5.91. The van der Waals surface area contributed by atoms with Gasteiger partial charge in [0, 0.05) is 20.0 Å². The van der Waals surface area contributed by atoms with Gasteiger partial charge in [0.15, 0.2) is 0 Å². The van der Waals surface area contributed by atoms with Gasteiger partial charge in [0.1, 0.15) is 11.8 Å². The summed E-state index contributed by atoms with van der Waals surface area (Å²) in [4.78, 5) is 25.3. The Hall–Kier alpha value is -2.91. The minimum Gasteiger partial charge on any atom is -0.497 e. The van der Waals surface area contributed by atoms with E-state index in [1.54, 1.807) is 31.2 Å². The summed E-state index contributed by atoms with van der Waals surface area (Å²) in [6.45, 7) is 1.47. The average Bonchev–Trinajstić information content (AvgIpc) is 2.82. The quantitative estimate of drug-likeness (QED) is 0.608. The number of hydrogen-bond donors (Lipinski definition) is 2. The lowest BCUT2D eigenvalue weighted by Gasteiger charge is -2.37. The number of aliphatic carboxylic acids is 1. The van der Waals surface area contributed by atoms with E-state index in [0.717, 1.165) is 29.7 Å². The molecule has 1 aliphatic carbocycles. The van der Waals surface area contributed by atoms with Gasteiger partial charge in [-0.25, -0.2) is 8.42 Å². The summed E-state index contributed by atoms with van der Waals surface area (Å²) >= 11 is 0. The Morgan fingerprint density at radius 2 is 1.64 bits per heavy atom. The number of carboxylic acids is 1. The van der Waals surface area contributed by atoms with Gasteiger partial charge in [-0.05, 0) is 60.6 Å². The number of benzene rings is 2. The van der Waals surface area contributed by atoms with Crippen molar-refractivity contribution < 1.29 is 27.9 Å². The van der Waals surface area contributed by atoms with Gasteiger partial charge in [0.2, 0.25) is 15.9 Å². The van der Waals surface area contributed by atoms with Crippen molar-refractivity contribution in [2.75, 3.05) is 14.2 Å². The van der Waals surface area contributed by atoms with Crippen LogP contribution in [0.2, 0.25) is 0 Å². The number of sulfonamides is 1. The van der Waals surface area contributed by atoms with Gasteiger partial charge in [0.25, 0.3) is 0 Å². The highest BCUT2D eigenvalue weighted by Gasteiger charge is 2.37. The molecule has 0 radical (unpaired) electrons. The standard InChI is InChI=1S/C24H30N2O6S/c1-16(27)26(2)20-6-4-5-19(15-20)23(24(28)29)25-33(30,31)22-13-9-18(10-14-22)17-7-11-21(32-3)12-8-17/h7-14,19-20,23,25H,4-6,15H2,1-3H3,(H,28,29). The maximum atomic E-state index is 13.0. The van der Waals surface area contributed by atoms with Crippen LogP contribution in [0.5, 0.6) is 5.75 Å². The Kier molecular flexibility index (Phi) is 7.76. The zero-order valence-corrected chi connectivity index (χ0v) is 19.8. The first-order valence-electron chi connectivity index (χ1n) is 10.9. The second kappa shape index (κ2) is 10.4. The van der Waals surface area contributed by atoms with Crippen LogP contribution in [-0.2, 0) is 19.6 Å². The summed E-state index contributed by atoms with van der Waals surface area (Å²) in [5, 5.41) is 9.79. The van der Waals surface area contributed by atoms with Crippen molar-refractivity contribution >= 4 is 21.9 Å². The maximum Gasteiger partial charge on any atom is 0.322 e. The third-order valence-electron chi connectivity index (χ3n) is 6.34. The molecule has 1 fully saturated rings. The first kappa shape index (κ1) is 24.7. The molecule has 0 saturated heterocycles. The van der Waals surface area contributed by atoms with E-state index >= 15 is 0 Å². The minimum absolute atomic E-state index is 0.000717. The summed E-state index contributed by atoms with van der Waals surface area (Å²) in [7, 11) is -0.770. The molecule has 1 amide bonds. The topological polar surface area (TPSA) is 113 Å². The Morgan fingerprint density at radius 3 is 2.15 bits per heavy atom. The number of carboxylic acid groups (broad SMARTS) is 1. The molecule has 2 aromatic carbocycles. The zero-order valence-electron chi connectivity index (χ0n) is 19.0. The highest BCUT2D eigenvalue weighted by atomic mass is 32.2. The van der Waals surface area contributed by atoms with Crippen molar-refractivity contribution in [2.45, 2.75) is 49.6 Å². The first-order chi connectivity index (χ1) is 15.6. The summed E-state index contributed by atoms with van der Waals surface area (Å²) in [5.41, 5.74) is 1.73. The predicted molar refractivity (Wildman–Crippen MR) is 124 cm³/mol. The van der Waals surface area contributed by atoms with E-state index in [-0.39, 0.29) is 16.8 Å². The Bertz CT molecular complexity index is 1080. The minimum atomic E-state index is -4.05. The maximum absolute atomic E-state index is 13.0. The monoisotopic (exact) mass is 474 g/mol. The number of ether oxygens (including phenoxy) is 1. The van der Waals surface area contributed by atoms with Gasteiger partial charge in [-0.1, -0.05) is 30.7 Å². The van der Waals surface area contributed by atoms with Crippen molar-refractivity contribution in [3.05, 3.63) is 48.5 Å². The molecule has 33 heavy (non-hydrogen) atoms. The van der Waals surface area contributed by atoms with E-state index in [1.807, 2.05) is 24.3 Å². The van der Waals surface area contributed by atoms with E-state index in [1.165, 1.54) is 19.1 Å². The molecule has 0 aromatic heterocycles. The van der Waals surface area contributed by atoms with Crippen molar-refractivity contribution in [2.24, 2.45) is 5.92 Å². The summed E-state index contributed by atoms with van der Waals surface area (Å²) in [6.07, 6.45) is 2.53. The molecular formula is C24H30N2O6S. The third-order valence-corrected chi connectivity index (χ3v) is 7.80. The van der Waals surface area contributed by atoms with Crippen molar-refractivity contribution in [3.63, 3.8) is 0 Å². The second-order valence-electron chi connectivity index (χ2n) is 8.40. The molecule has 0 bridgehead atoms. The van der Waals surface area contributed by atoms with Crippen LogP contribution in [0.25, 0.3) is 11.1 Å². The van der Waals surface area contributed by atoms with E-state index in [4.69, 9.17) is 4.74 Å². The summed E-state index contributed by atoms with van der Waals surface area (Å²) < 4.78 is 33.5. The number of hydrogen-bond acceptors (Lipinski definition) is 5. The number of carbonyl (C=O) groups is 2. The lowest BCUT2D eigenvalue weighted by molar-refractivity contribution is -0.141. The summed E-state index contributed by atoms with van der Waals surface area (Å²) in [5.74, 6) is -0.993. The number of nitrogens with one attached hydrogen (secondary N) is 1. The smallest absolute Gasteiger partial charge is 0.322 e. The van der Waals surface area contributed by atoms with Crippen LogP contribution in [0.3, 0.4) is 0 Å². The van der Waals surface area contributed by atoms with Crippen molar-refractivity contribution in [1.29, 1.82) is 0 Å². The van der Waals surface area contributed by atoms with Crippen LogP contribution < -0.4 is 9.46 Å². The number of nitrogens with zero attached hydrogens (tertiary/aromatic N) is 1. The molecular weight excluding hydrogens is 444 g/mol. The Labute approximate surface area is 194 Å². The Morgan fingerprint density at radius 1 is 1.06 bits per heavy atom. The predicted octanol–water partition coefficient (Wildman–Crippen LogP) is 3.13. The molecule has 0 aliphatic heterocycles. The number of methoxy groups -OCH3 is 1. The number of amides is 1. The van der Waals surface area contributed by atoms with Gasteiger partial charge < -0.3 is 14.7 Å². The van der Waals surface area contributed by atoms with Crippen molar-refractivity contribution in [3.8, 4) is 16.9 Å². The van der Waals surface area contributed by atoms with E-state index in [9.17, 15) is 23.1 Å². The van der Waals surface area contributed by atoms with Crippen LogP contribution in [0.15, 0.2) is 53.4 Å². The van der Waals surface area contributed by atoms with Crippen LogP contribution in [0.4, 0.5) is 0 Å². The fourth-order valence-corrected chi connectivity index (χ4v) is 5.56. The highest BCUT2D eigenvalue weighted by molar-refractivity contribution is 7.89. The molecule has 3 rings (SSSR count). The van der Waals surface area contributed by atoms with Crippen molar-refractivity contribution in [1.82, 2.24) is 9.62 Å². The lowest BCUT2D eigenvalue weighted by Crippen LogP contribution is -2.49. The normalized spacial score (nSPS) is 19.5. The number of carbonyl (C=O) groups excluding carboxylic acids is 1. The zero-order chi connectivity index (χ0) is 24.2. The highest BCUT2D eigenvalue weighted by Crippen LogP contribution is 2.31. The molecule has 2 aromatic rings. The van der Waals surface area contributed by atoms with Gasteiger partial charge in [-0.3, -0.25) is 9.59 Å². The second-order valence-corrected chi connectivity index (χ2v) is 10.1. The van der Waals surface area contributed by atoms with E-state index < -0.39 is 28.0 Å². The molecule has 8 nitrogen and oxygen atoms in total. The molecule has 3 unspecified atom stereocenters. The molecule has 0 spiro atoms. The van der Waals surface area contributed by atoms with E-state index in [0.29, 0.717) is 12.8 Å². The van der Waals surface area contributed by atoms with Crippen LogP contribution >= 0.6 is 0 Å². The fourth-order valence-electron chi connectivity index (χ4n) is 4.31. The van der Waals surface area contributed by atoms with Crippen LogP contribution in [0.1, 0.15) is 32.6 Å². The van der Waals surface area contributed by atoms with Crippen LogP contribution in [-0.4, -0.2) is 56.5 Å². The molecule has 0 heterocycles. The largest absolute Gasteiger partial charge is 0.497 e. The molecule has 9 heteroatoms. The van der Waals surface area contributed by atoms with Gasteiger partial charge in [0.05, 0.1) is 12.0 Å². The SMILES string of the molecule is COc1ccc(-c2ccc(S(=O)(=O)NC(C(=O)O)C3CCCC(N(C)C(C)=O)C3)cc2)cc1. The fraction of sp³-hybridized carbons (Fsp3) is 0.417. The van der Waals surface area contributed by atoms with E-state index in [2.05, 4.69) is 4.72 Å². The molecule has 2 N–H and O–H groups in total. The molecule has 1 aliphatic rings. The Balaban J connectivity index is 1.76. The lowest BCUT2D eigenvalue weighted by atomic mass is 9.81. The molecule has 178 valence electrons. The molecule has 1 saturated carbocycles. The molecule has 3 atom stereocenters. The van der Waals surface area contributed by atoms with Crippen LogP contribution in [0, 0.1) is 5.92 Å². The number of rotatable bonds is 8. The average molecular weight is 475 g/mol. The summed E-state index contributed by atoms with van der Waals surface area (Å²) in [6, 6.07) is 12.3. The van der Waals surface area contributed by atoms with Gasteiger partial charge in [-0.15, -0.1) is 0 Å². The van der Waals surface area contributed by atoms with Gasteiger partial charge >= 0.3 is 5.97 Å².